The number of pyridine rings is 1. The van der Waals surface area contributed by atoms with Gasteiger partial charge in [-0.05, 0) is 38.3 Å². The fraction of sp³-hybridized carbons (Fsp3) is 0.591. The summed E-state index contributed by atoms with van der Waals surface area (Å²) in [7, 11) is 0. The highest BCUT2D eigenvalue weighted by atomic mass is 19.4. The molecule has 2 aliphatic heterocycles. The molecule has 2 unspecified atom stereocenters. The largest absolute Gasteiger partial charge is 0.409 e. The minimum atomic E-state index is -4.47. The summed E-state index contributed by atoms with van der Waals surface area (Å²) in [6, 6.07) is 3.08. The zero-order valence-corrected chi connectivity index (χ0v) is 17.9. The Bertz CT molecular complexity index is 1040. The van der Waals surface area contributed by atoms with E-state index in [-0.39, 0.29) is 30.5 Å². The SMILES string of the molecule is CC1COCCN1c1cc(=O)n2c(n1)N(c1ccc(C3CCC3)nc1)C(C(F)(F)F)CC2. The third kappa shape index (κ3) is 3.74. The van der Waals surface area contributed by atoms with E-state index >= 15 is 0 Å². The van der Waals surface area contributed by atoms with Crippen molar-refractivity contribution in [2.75, 3.05) is 29.6 Å². The van der Waals surface area contributed by atoms with Gasteiger partial charge < -0.3 is 9.64 Å². The molecular formula is C22H26F3N5O2. The molecule has 2 fully saturated rings. The number of rotatable bonds is 3. The number of ether oxygens (including phenoxy) is 1. The summed E-state index contributed by atoms with van der Waals surface area (Å²) in [5.74, 6) is 0.771. The predicted octanol–water partition coefficient (Wildman–Crippen LogP) is 3.60. The van der Waals surface area contributed by atoms with Crippen molar-refractivity contribution in [2.24, 2.45) is 0 Å². The van der Waals surface area contributed by atoms with Gasteiger partial charge in [0.1, 0.15) is 11.9 Å². The van der Waals surface area contributed by atoms with Crippen LogP contribution in [0.4, 0.5) is 30.6 Å². The Balaban J connectivity index is 1.59. The summed E-state index contributed by atoms with van der Waals surface area (Å²) >= 11 is 0. The minimum Gasteiger partial charge on any atom is -0.377 e. The second-order valence-electron chi connectivity index (χ2n) is 8.81. The number of fused-ring (bicyclic) bond motifs is 1. The summed E-state index contributed by atoms with van der Waals surface area (Å²) in [6.07, 6.45) is 0.0510. The molecule has 0 amide bonds. The standard InChI is InChI=1S/C22H26F3N5O2/c1-14-13-32-10-9-28(14)19-11-20(31)29-8-7-18(22(23,24)25)30(21(29)27-19)16-5-6-17(26-12-16)15-3-2-4-15/h5-6,11-12,14-15,18H,2-4,7-10,13H2,1H3. The van der Waals surface area contributed by atoms with E-state index in [1.165, 1.54) is 16.8 Å². The van der Waals surface area contributed by atoms with Crippen LogP contribution in [-0.4, -0.2) is 52.6 Å². The quantitative estimate of drug-likeness (QED) is 0.714. The maximum absolute atomic E-state index is 14.1. The van der Waals surface area contributed by atoms with E-state index in [1.807, 2.05) is 11.8 Å². The van der Waals surface area contributed by atoms with Crippen LogP contribution in [0, 0.1) is 0 Å². The molecule has 32 heavy (non-hydrogen) atoms. The van der Waals surface area contributed by atoms with Crippen molar-refractivity contribution in [1.82, 2.24) is 14.5 Å². The van der Waals surface area contributed by atoms with Crippen LogP contribution in [0.25, 0.3) is 0 Å². The van der Waals surface area contributed by atoms with Crippen molar-refractivity contribution in [1.29, 1.82) is 0 Å². The van der Waals surface area contributed by atoms with Crippen LogP contribution in [0.1, 0.15) is 44.2 Å². The first-order chi connectivity index (χ1) is 15.3. The van der Waals surface area contributed by atoms with Crippen molar-refractivity contribution in [2.45, 2.75) is 63.3 Å². The zero-order chi connectivity index (χ0) is 22.5. The Morgan fingerprint density at radius 1 is 1.16 bits per heavy atom. The third-order valence-corrected chi connectivity index (χ3v) is 6.74. The average molecular weight is 449 g/mol. The second-order valence-corrected chi connectivity index (χ2v) is 8.81. The van der Waals surface area contributed by atoms with Gasteiger partial charge in [0.05, 0.1) is 31.1 Å². The number of aromatic nitrogens is 3. The van der Waals surface area contributed by atoms with Gasteiger partial charge in [0.2, 0.25) is 5.95 Å². The van der Waals surface area contributed by atoms with Gasteiger partial charge in [0, 0.05) is 30.8 Å². The number of anilines is 3. The summed E-state index contributed by atoms with van der Waals surface area (Å²) in [6.45, 7) is 3.39. The number of nitrogens with zero attached hydrogens (tertiary/aromatic N) is 5. The maximum atomic E-state index is 14.1. The Hall–Kier alpha value is -2.62. The van der Waals surface area contributed by atoms with Crippen molar-refractivity contribution in [3.8, 4) is 0 Å². The van der Waals surface area contributed by atoms with Gasteiger partial charge in [-0.1, -0.05) is 6.42 Å². The first kappa shape index (κ1) is 21.2. The molecule has 2 aromatic heterocycles. The summed E-state index contributed by atoms with van der Waals surface area (Å²) in [5, 5.41) is 0. The molecule has 4 heterocycles. The van der Waals surface area contributed by atoms with E-state index < -0.39 is 12.2 Å². The molecule has 0 radical (unpaired) electrons. The van der Waals surface area contributed by atoms with Crippen molar-refractivity contribution < 1.29 is 17.9 Å². The van der Waals surface area contributed by atoms with Crippen LogP contribution in [0.2, 0.25) is 0 Å². The Morgan fingerprint density at radius 2 is 1.97 bits per heavy atom. The predicted molar refractivity (Wildman–Crippen MR) is 114 cm³/mol. The van der Waals surface area contributed by atoms with Gasteiger partial charge in [-0.15, -0.1) is 0 Å². The van der Waals surface area contributed by atoms with E-state index in [9.17, 15) is 18.0 Å². The number of alkyl halides is 3. The van der Waals surface area contributed by atoms with Crippen LogP contribution < -0.4 is 15.4 Å². The number of hydrogen-bond donors (Lipinski definition) is 0. The highest BCUT2D eigenvalue weighted by Crippen LogP contribution is 2.40. The van der Waals surface area contributed by atoms with Gasteiger partial charge in [-0.3, -0.25) is 19.2 Å². The van der Waals surface area contributed by atoms with E-state index in [1.54, 1.807) is 12.1 Å². The molecule has 10 heteroatoms. The van der Waals surface area contributed by atoms with Crippen LogP contribution >= 0.6 is 0 Å². The molecule has 3 aliphatic rings. The minimum absolute atomic E-state index is 0.0120. The Morgan fingerprint density at radius 3 is 2.59 bits per heavy atom. The molecule has 0 spiro atoms. The molecule has 0 N–H and O–H groups in total. The summed E-state index contributed by atoms with van der Waals surface area (Å²) in [4.78, 5) is 25.0. The lowest BCUT2D eigenvalue weighted by atomic mass is 9.83. The van der Waals surface area contributed by atoms with Crippen molar-refractivity contribution in [3.05, 3.63) is 40.4 Å². The van der Waals surface area contributed by atoms with Crippen LogP contribution in [-0.2, 0) is 11.3 Å². The third-order valence-electron chi connectivity index (χ3n) is 6.74. The van der Waals surface area contributed by atoms with Crippen molar-refractivity contribution in [3.63, 3.8) is 0 Å². The highest BCUT2D eigenvalue weighted by molar-refractivity contribution is 5.61. The fourth-order valence-electron chi connectivity index (χ4n) is 4.70. The van der Waals surface area contributed by atoms with Crippen LogP contribution in [0.5, 0.6) is 0 Å². The monoisotopic (exact) mass is 449 g/mol. The van der Waals surface area contributed by atoms with E-state index in [4.69, 9.17) is 4.74 Å². The van der Waals surface area contributed by atoms with Gasteiger partial charge >= 0.3 is 6.18 Å². The topological polar surface area (TPSA) is 63.5 Å². The first-order valence-corrected chi connectivity index (χ1v) is 11.1. The van der Waals surface area contributed by atoms with Gasteiger partial charge in [0.15, 0.2) is 0 Å². The van der Waals surface area contributed by atoms with E-state index in [0.29, 0.717) is 37.2 Å². The van der Waals surface area contributed by atoms with Gasteiger partial charge in [-0.25, -0.2) is 0 Å². The number of halogens is 3. The normalized spacial score (nSPS) is 24.2. The smallest absolute Gasteiger partial charge is 0.377 e. The molecule has 2 aromatic rings. The first-order valence-electron chi connectivity index (χ1n) is 11.1. The molecule has 0 bridgehead atoms. The molecule has 5 rings (SSSR count). The van der Waals surface area contributed by atoms with Crippen molar-refractivity contribution >= 4 is 17.5 Å². The lowest BCUT2D eigenvalue weighted by Crippen LogP contribution is -2.51. The Kier molecular flexibility index (Phi) is 5.35. The molecule has 0 aromatic carbocycles. The number of hydrogen-bond acceptors (Lipinski definition) is 6. The highest BCUT2D eigenvalue weighted by Gasteiger charge is 2.47. The molecule has 2 atom stereocenters. The average Bonchev–Trinajstić information content (AvgIpc) is 2.72. The lowest BCUT2D eigenvalue weighted by Gasteiger charge is -2.40. The van der Waals surface area contributed by atoms with Crippen LogP contribution in [0.15, 0.2) is 29.2 Å². The van der Waals surface area contributed by atoms with Gasteiger partial charge in [0.25, 0.3) is 5.56 Å². The molecule has 1 saturated heterocycles. The summed E-state index contributed by atoms with van der Waals surface area (Å²) < 4.78 is 49.0. The second kappa shape index (κ2) is 8.06. The molecule has 1 saturated carbocycles. The summed E-state index contributed by atoms with van der Waals surface area (Å²) in [5.41, 5.74) is 0.845. The molecule has 7 nitrogen and oxygen atoms in total. The molecule has 1 aliphatic carbocycles. The molecular weight excluding hydrogens is 423 g/mol. The Labute approximate surface area is 183 Å². The molecule has 172 valence electrons. The fourth-order valence-corrected chi connectivity index (χ4v) is 4.70. The van der Waals surface area contributed by atoms with E-state index in [2.05, 4.69) is 9.97 Å². The maximum Gasteiger partial charge on any atom is 0.409 e. The number of morpholine rings is 1. The van der Waals surface area contributed by atoms with Gasteiger partial charge in [-0.2, -0.15) is 18.2 Å². The van der Waals surface area contributed by atoms with Crippen LogP contribution in [0.3, 0.4) is 0 Å². The lowest BCUT2D eigenvalue weighted by molar-refractivity contribution is -0.150. The zero-order valence-electron chi connectivity index (χ0n) is 17.9. The van der Waals surface area contributed by atoms with E-state index in [0.717, 1.165) is 29.9 Å².